The summed E-state index contributed by atoms with van der Waals surface area (Å²) < 4.78 is 0. The number of hydrogen-bond donors (Lipinski definition) is 3. The first-order valence-electron chi connectivity index (χ1n) is 9.95. The average molecular weight is 378 g/mol. The number of aromatic nitrogens is 3. The van der Waals surface area contributed by atoms with Gasteiger partial charge in [0.25, 0.3) is 0 Å². The Kier molecular flexibility index (Phi) is 5.13. The second-order valence-electron chi connectivity index (χ2n) is 7.89. The Labute approximate surface area is 164 Å². The number of rotatable bonds is 5. The van der Waals surface area contributed by atoms with Crippen molar-refractivity contribution in [2.24, 2.45) is 11.7 Å². The molecule has 2 heterocycles. The minimum Gasteiger partial charge on any atom is -0.508 e. The number of benzene rings is 1. The second-order valence-corrected chi connectivity index (χ2v) is 7.89. The van der Waals surface area contributed by atoms with Crippen LogP contribution in [0.1, 0.15) is 54.6 Å². The molecule has 1 fully saturated rings. The van der Waals surface area contributed by atoms with Gasteiger partial charge >= 0.3 is 0 Å². The fourth-order valence-electron chi connectivity index (χ4n) is 4.12. The van der Waals surface area contributed by atoms with Gasteiger partial charge < -0.3 is 10.8 Å². The van der Waals surface area contributed by atoms with Crippen LogP contribution in [0.4, 0.5) is 0 Å². The summed E-state index contributed by atoms with van der Waals surface area (Å²) in [6, 6.07) is 9.01. The molecule has 0 bridgehead atoms. The Hall–Kier alpha value is -2.73. The highest BCUT2D eigenvalue weighted by molar-refractivity contribution is 6.08. The van der Waals surface area contributed by atoms with E-state index in [1.54, 1.807) is 24.3 Å². The van der Waals surface area contributed by atoms with E-state index in [4.69, 9.17) is 5.73 Å². The summed E-state index contributed by atoms with van der Waals surface area (Å²) in [5.74, 6) is 0.916. The van der Waals surface area contributed by atoms with Crippen LogP contribution >= 0.6 is 0 Å². The monoisotopic (exact) mass is 378 g/mol. The van der Waals surface area contributed by atoms with E-state index in [0.717, 1.165) is 48.7 Å². The number of nitrogens with two attached hydrogens (primary N) is 1. The number of nitrogens with one attached hydrogen (secondary N) is 1. The van der Waals surface area contributed by atoms with Gasteiger partial charge in [0, 0.05) is 29.3 Å². The van der Waals surface area contributed by atoms with Crippen LogP contribution in [0, 0.1) is 12.8 Å². The van der Waals surface area contributed by atoms with Crippen LogP contribution in [-0.4, -0.2) is 32.1 Å². The number of ketones is 1. The summed E-state index contributed by atoms with van der Waals surface area (Å²) in [4.78, 5) is 17.7. The maximum absolute atomic E-state index is 13.1. The molecule has 0 aliphatic heterocycles. The van der Waals surface area contributed by atoms with Crippen LogP contribution in [0.15, 0.2) is 30.3 Å². The third-order valence-corrected chi connectivity index (χ3v) is 5.84. The number of aryl methyl sites for hydroxylation is 1. The van der Waals surface area contributed by atoms with Crippen LogP contribution in [-0.2, 0) is 0 Å². The molecule has 28 heavy (non-hydrogen) atoms. The quantitative estimate of drug-likeness (QED) is 0.579. The van der Waals surface area contributed by atoms with Gasteiger partial charge in [-0.15, -0.1) is 0 Å². The zero-order chi connectivity index (χ0) is 19.7. The molecule has 0 spiro atoms. The van der Waals surface area contributed by atoms with Crippen molar-refractivity contribution in [3.05, 3.63) is 41.6 Å². The Morgan fingerprint density at radius 1 is 1.21 bits per heavy atom. The second kappa shape index (κ2) is 7.72. The Morgan fingerprint density at radius 2 is 1.93 bits per heavy atom. The van der Waals surface area contributed by atoms with Crippen molar-refractivity contribution < 1.29 is 9.90 Å². The summed E-state index contributed by atoms with van der Waals surface area (Å²) in [6.07, 6.45) is 5.78. The van der Waals surface area contributed by atoms with Crippen molar-refractivity contribution in [3.8, 4) is 17.0 Å². The van der Waals surface area contributed by atoms with Crippen LogP contribution in [0.5, 0.6) is 5.75 Å². The number of pyridine rings is 1. The van der Waals surface area contributed by atoms with Crippen LogP contribution < -0.4 is 5.73 Å². The molecule has 6 nitrogen and oxygen atoms in total. The first-order valence-corrected chi connectivity index (χ1v) is 9.95. The number of carbonyl (C=O) groups excluding carboxylic acids is 1. The lowest BCUT2D eigenvalue weighted by Gasteiger charge is -2.25. The van der Waals surface area contributed by atoms with Gasteiger partial charge in [-0.2, -0.15) is 5.10 Å². The average Bonchev–Trinajstić information content (AvgIpc) is 3.08. The smallest absolute Gasteiger partial charge is 0.182 e. The maximum Gasteiger partial charge on any atom is 0.182 e. The van der Waals surface area contributed by atoms with Gasteiger partial charge in [0.05, 0.1) is 11.1 Å². The number of phenols is 1. The fraction of sp³-hybridized carbons (Fsp3) is 0.409. The van der Waals surface area contributed by atoms with E-state index >= 15 is 0 Å². The normalized spacial score (nSPS) is 19.8. The standard InChI is InChI=1S/C22H26N4O2/c1-13-21-18(20(28)11-4-14-2-7-16(23)8-3-14)12-19(24-22(21)26-25-13)15-5-9-17(27)10-6-15/h5-6,9-10,12,14,16,27H,2-4,7-8,11,23H2,1H3,(H,24,25,26). The van der Waals surface area contributed by atoms with Crippen molar-refractivity contribution in [3.63, 3.8) is 0 Å². The molecule has 0 saturated heterocycles. The van der Waals surface area contributed by atoms with Crippen LogP contribution in [0.2, 0.25) is 0 Å². The zero-order valence-electron chi connectivity index (χ0n) is 16.1. The molecule has 3 aromatic rings. The van der Waals surface area contributed by atoms with Gasteiger partial charge in [-0.1, -0.05) is 0 Å². The van der Waals surface area contributed by atoms with Gasteiger partial charge in [0.2, 0.25) is 0 Å². The Morgan fingerprint density at radius 3 is 2.64 bits per heavy atom. The van der Waals surface area contributed by atoms with Gasteiger partial charge in [-0.05, 0) is 75.3 Å². The van der Waals surface area contributed by atoms with E-state index in [1.165, 1.54) is 0 Å². The molecule has 6 heteroatoms. The highest BCUT2D eigenvalue weighted by Gasteiger charge is 2.22. The van der Waals surface area contributed by atoms with Gasteiger partial charge in [-0.25, -0.2) is 4.98 Å². The third-order valence-electron chi connectivity index (χ3n) is 5.84. The largest absolute Gasteiger partial charge is 0.508 e. The number of hydrogen-bond acceptors (Lipinski definition) is 5. The maximum atomic E-state index is 13.1. The molecular formula is C22H26N4O2. The van der Waals surface area contributed by atoms with Crippen molar-refractivity contribution in [2.75, 3.05) is 0 Å². The molecule has 0 radical (unpaired) electrons. The van der Waals surface area contributed by atoms with Crippen molar-refractivity contribution >= 4 is 16.8 Å². The first kappa shape index (κ1) is 18.6. The fourth-order valence-corrected chi connectivity index (χ4v) is 4.12. The molecule has 1 saturated carbocycles. The van der Waals surface area contributed by atoms with E-state index < -0.39 is 0 Å². The minimum atomic E-state index is 0.131. The molecule has 1 aromatic carbocycles. The molecule has 1 aliphatic carbocycles. The summed E-state index contributed by atoms with van der Waals surface area (Å²) in [5, 5.41) is 17.6. The zero-order valence-corrected chi connectivity index (χ0v) is 16.1. The number of fused-ring (bicyclic) bond motifs is 1. The molecule has 0 unspecified atom stereocenters. The topological polar surface area (TPSA) is 105 Å². The number of phenolic OH excluding ortho intramolecular Hbond substituents is 1. The molecule has 1 aliphatic rings. The summed E-state index contributed by atoms with van der Waals surface area (Å²) in [6.45, 7) is 1.91. The van der Waals surface area contributed by atoms with E-state index in [2.05, 4.69) is 15.2 Å². The molecule has 0 atom stereocenters. The summed E-state index contributed by atoms with van der Waals surface area (Å²) in [5.41, 5.74) is 9.60. The van der Waals surface area contributed by atoms with Crippen molar-refractivity contribution in [2.45, 2.75) is 51.5 Å². The van der Waals surface area contributed by atoms with E-state index in [9.17, 15) is 9.90 Å². The van der Waals surface area contributed by atoms with Crippen LogP contribution in [0.25, 0.3) is 22.3 Å². The first-order chi connectivity index (χ1) is 13.5. The number of Topliss-reactive ketones (excluding diaryl/α,β-unsaturated/α-hetero) is 1. The molecule has 2 aromatic heterocycles. The summed E-state index contributed by atoms with van der Waals surface area (Å²) >= 11 is 0. The highest BCUT2D eigenvalue weighted by atomic mass is 16.3. The molecule has 4 rings (SSSR count). The van der Waals surface area contributed by atoms with Crippen molar-refractivity contribution in [1.29, 1.82) is 0 Å². The van der Waals surface area contributed by atoms with Gasteiger partial charge in [-0.3, -0.25) is 9.89 Å². The molecule has 0 amide bonds. The Balaban J connectivity index is 1.62. The molecular weight excluding hydrogens is 352 g/mol. The SMILES string of the molecule is Cc1[nH]nc2nc(-c3ccc(O)cc3)cc(C(=O)CCC3CCC(N)CC3)c12. The van der Waals surface area contributed by atoms with Crippen LogP contribution in [0.3, 0.4) is 0 Å². The predicted octanol–water partition coefficient (Wildman–Crippen LogP) is 4.12. The lowest BCUT2D eigenvalue weighted by atomic mass is 9.83. The van der Waals surface area contributed by atoms with E-state index in [1.807, 2.05) is 13.0 Å². The summed E-state index contributed by atoms with van der Waals surface area (Å²) in [7, 11) is 0. The Bertz CT molecular complexity index is 986. The molecule has 146 valence electrons. The van der Waals surface area contributed by atoms with E-state index in [-0.39, 0.29) is 11.5 Å². The van der Waals surface area contributed by atoms with E-state index in [0.29, 0.717) is 35.3 Å². The third kappa shape index (κ3) is 3.78. The van der Waals surface area contributed by atoms with Gasteiger partial charge in [0.1, 0.15) is 5.75 Å². The van der Waals surface area contributed by atoms with Crippen molar-refractivity contribution in [1.82, 2.24) is 15.2 Å². The minimum absolute atomic E-state index is 0.131. The lowest BCUT2D eigenvalue weighted by Crippen LogP contribution is -2.26. The molecule has 4 N–H and O–H groups in total. The lowest BCUT2D eigenvalue weighted by molar-refractivity contribution is 0.0971. The number of aromatic hydroxyl groups is 1. The number of H-pyrrole nitrogens is 1. The number of aromatic amines is 1. The highest BCUT2D eigenvalue weighted by Crippen LogP contribution is 2.30. The van der Waals surface area contributed by atoms with Gasteiger partial charge in [0.15, 0.2) is 11.4 Å². The predicted molar refractivity (Wildman–Crippen MR) is 109 cm³/mol. The number of nitrogens with zero attached hydrogens (tertiary/aromatic N) is 2. The number of carbonyl (C=O) groups is 1.